The fourth-order valence-corrected chi connectivity index (χ4v) is 3.33. The Bertz CT molecular complexity index is 644. The van der Waals surface area contributed by atoms with Gasteiger partial charge in [-0.05, 0) is 17.7 Å². The van der Waals surface area contributed by atoms with Crippen molar-refractivity contribution < 1.29 is 18.3 Å². The fraction of sp³-hybridized carbons (Fsp3) is 0.400. The van der Waals surface area contributed by atoms with Crippen molar-refractivity contribution in [3.63, 3.8) is 0 Å². The minimum Gasteiger partial charge on any atom is -0.368 e. The number of rotatable bonds is 11. The van der Waals surface area contributed by atoms with E-state index < -0.39 is 7.60 Å². The van der Waals surface area contributed by atoms with Gasteiger partial charge in [0.05, 0.1) is 19.8 Å². The topological polar surface area (TPSA) is 70.8 Å². The van der Waals surface area contributed by atoms with Gasteiger partial charge in [0, 0.05) is 5.41 Å². The Morgan fingerprint density at radius 1 is 0.885 bits per heavy atom. The van der Waals surface area contributed by atoms with Gasteiger partial charge in [0.25, 0.3) is 0 Å². The van der Waals surface area contributed by atoms with Crippen LogP contribution < -0.4 is 5.73 Å². The molecule has 0 amide bonds. The van der Waals surface area contributed by atoms with Gasteiger partial charge in [0.2, 0.25) is 0 Å². The van der Waals surface area contributed by atoms with Crippen molar-refractivity contribution in [3.8, 4) is 0 Å². The van der Waals surface area contributed by atoms with Gasteiger partial charge in [-0.25, -0.2) is 0 Å². The second-order valence-corrected chi connectivity index (χ2v) is 8.97. The molecule has 2 aromatic carbocycles. The summed E-state index contributed by atoms with van der Waals surface area (Å²) in [7, 11) is -3.41. The largest absolute Gasteiger partial charge is 0.368 e. The maximum Gasteiger partial charge on any atom is 0.356 e. The average Bonchev–Trinajstić information content (AvgIpc) is 2.66. The highest BCUT2D eigenvalue weighted by atomic mass is 31.2. The molecular weight excluding hydrogens is 349 g/mol. The molecule has 142 valence electrons. The van der Waals surface area contributed by atoms with E-state index >= 15 is 0 Å². The van der Waals surface area contributed by atoms with E-state index in [1.807, 2.05) is 74.5 Å². The summed E-state index contributed by atoms with van der Waals surface area (Å²) >= 11 is 0. The molecule has 0 aliphatic carbocycles. The summed E-state index contributed by atoms with van der Waals surface area (Å²) < 4.78 is 30.1. The third-order valence-electron chi connectivity index (χ3n) is 3.84. The molecule has 0 saturated carbocycles. The second-order valence-electron chi connectivity index (χ2n) is 6.97. The van der Waals surface area contributed by atoms with Crippen molar-refractivity contribution in [1.29, 1.82) is 0 Å². The Hall–Kier alpha value is -1.49. The minimum absolute atomic E-state index is 0.101. The van der Waals surface area contributed by atoms with Gasteiger partial charge >= 0.3 is 7.60 Å². The molecule has 5 nitrogen and oxygen atoms in total. The number of ether oxygens (including phenoxy) is 1. The maximum atomic E-state index is 13.1. The number of hydrogen-bond acceptors (Lipinski definition) is 5. The monoisotopic (exact) mass is 377 g/mol. The SMILES string of the molecule is CC(C)(CN)COCP(=O)(OCc1ccccc1)OCc1ccccc1. The maximum absolute atomic E-state index is 13.1. The van der Waals surface area contributed by atoms with Crippen LogP contribution in [0.1, 0.15) is 25.0 Å². The highest BCUT2D eigenvalue weighted by molar-refractivity contribution is 7.53. The first-order valence-corrected chi connectivity index (χ1v) is 10.4. The molecule has 6 heteroatoms. The molecule has 2 N–H and O–H groups in total. The molecule has 0 saturated heterocycles. The normalized spacial score (nSPS) is 12.3. The van der Waals surface area contributed by atoms with Crippen LogP contribution in [-0.2, 0) is 31.6 Å². The van der Waals surface area contributed by atoms with Crippen molar-refractivity contribution in [1.82, 2.24) is 0 Å². The van der Waals surface area contributed by atoms with Crippen LogP contribution in [0, 0.1) is 5.41 Å². The summed E-state index contributed by atoms with van der Waals surface area (Å²) in [4.78, 5) is 0. The summed E-state index contributed by atoms with van der Waals surface area (Å²) in [6.07, 6.45) is -0.101. The Labute approximate surface area is 156 Å². The van der Waals surface area contributed by atoms with Crippen LogP contribution >= 0.6 is 7.60 Å². The first-order valence-electron chi connectivity index (χ1n) is 8.66. The lowest BCUT2D eigenvalue weighted by atomic mass is 9.96. The molecule has 0 spiro atoms. The van der Waals surface area contributed by atoms with Crippen LogP contribution in [0.5, 0.6) is 0 Å². The van der Waals surface area contributed by atoms with E-state index in [4.69, 9.17) is 19.5 Å². The molecule has 0 unspecified atom stereocenters. The van der Waals surface area contributed by atoms with Gasteiger partial charge in [-0.2, -0.15) is 0 Å². The summed E-state index contributed by atoms with van der Waals surface area (Å²) in [6, 6.07) is 19.2. The number of benzene rings is 2. The van der Waals surface area contributed by atoms with Crippen LogP contribution in [0.2, 0.25) is 0 Å². The standard InChI is InChI=1S/C20H28NO4P/c1-20(2,15-21)16-23-17-26(22,24-13-18-9-5-3-6-10-18)25-14-19-11-7-4-8-12-19/h3-12H,13-17,21H2,1-2H3. The first kappa shape index (κ1) is 20.8. The van der Waals surface area contributed by atoms with E-state index in [9.17, 15) is 4.57 Å². The third kappa shape index (κ3) is 7.40. The molecule has 0 atom stereocenters. The zero-order valence-electron chi connectivity index (χ0n) is 15.5. The fourth-order valence-electron chi connectivity index (χ4n) is 2.10. The van der Waals surface area contributed by atoms with Crippen LogP contribution in [0.4, 0.5) is 0 Å². The highest BCUT2D eigenvalue weighted by Gasteiger charge is 2.27. The molecule has 0 fully saturated rings. The lowest BCUT2D eigenvalue weighted by Crippen LogP contribution is -2.29. The molecule has 2 rings (SSSR count). The van der Waals surface area contributed by atoms with E-state index in [2.05, 4.69) is 0 Å². The van der Waals surface area contributed by atoms with Crippen molar-refractivity contribution in [2.45, 2.75) is 27.1 Å². The molecule has 0 heterocycles. The van der Waals surface area contributed by atoms with E-state index in [-0.39, 0.29) is 25.0 Å². The predicted octanol–water partition coefficient (Wildman–Crippen LogP) is 4.57. The highest BCUT2D eigenvalue weighted by Crippen LogP contribution is 2.50. The molecule has 0 aliphatic rings. The first-order chi connectivity index (χ1) is 12.4. The lowest BCUT2D eigenvalue weighted by molar-refractivity contribution is 0.0728. The Balaban J connectivity index is 1.97. The predicted molar refractivity (Wildman–Crippen MR) is 104 cm³/mol. The Morgan fingerprint density at radius 3 is 1.77 bits per heavy atom. The van der Waals surface area contributed by atoms with Gasteiger partial charge in [0.1, 0.15) is 6.35 Å². The zero-order valence-corrected chi connectivity index (χ0v) is 16.4. The summed E-state index contributed by atoms with van der Waals surface area (Å²) in [5, 5.41) is 0. The van der Waals surface area contributed by atoms with E-state index in [1.54, 1.807) is 0 Å². The quantitative estimate of drug-likeness (QED) is 0.581. The van der Waals surface area contributed by atoms with Crippen molar-refractivity contribution in [3.05, 3.63) is 71.8 Å². The van der Waals surface area contributed by atoms with Gasteiger partial charge in [-0.3, -0.25) is 4.57 Å². The van der Waals surface area contributed by atoms with Crippen molar-refractivity contribution in [2.75, 3.05) is 19.5 Å². The molecule has 2 aromatic rings. The van der Waals surface area contributed by atoms with E-state index in [0.29, 0.717) is 13.2 Å². The number of hydrogen-bond donors (Lipinski definition) is 1. The molecule has 0 aliphatic heterocycles. The molecule has 0 radical (unpaired) electrons. The summed E-state index contributed by atoms with van der Waals surface area (Å²) in [6.45, 7) is 5.26. The van der Waals surface area contributed by atoms with Crippen molar-refractivity contribution >= 4 is 7.60 Å². The summed E-state index contributed by atoms with van der Waals surface area (Å²) in [5.41, 5.74) is 7.38. The van der Waals surface area contributed by atoms with Crippen LogP contribution in [0.25, 0.3) is 0 Å². The van der Waals surface area contributed by atoms with Crippen molar-refractivity contribution in [2.24, 2.45) is 11.1 Å². The van der Waals surface area contributed by atoms with Crippen LogP contribution in [0.3, 0.4) is 0 Å². The zero-order chi connectivity index (χ0) is 18.9. The van der Waals surface area contributed by atoms with E-state index in [1.165, 1.54) is 0 Å². The van der Waals surface area contributed by atoms with E-state index in [0.717, 1.165) is 11.1 Å². The average molecular weight is 377 g/mol. The van der Waals surface area contributed by atoms with Gasteiger partial charge in [0.15, 0.2) is 0 Å². The smallest absolute Gasteiger partial charge is 0.356 e. The Kier molecular flexibility index (Phi) is 8.01. The minimum atomic E-state index is -3.41. The van der Waals surface area contributed by atoms with Gasteiger partial charge < -0.3 is 19.5 Å². The molecular formula is C20H28NO4P. The molecule has 0 aromatic heterocycles. The third-order valence-corrected chi connectivity index (χ3v) is 5.38. The summed E-state index contributed by atoms with van der Waals surface area (Å²) in [5.74, 6) is 0. The van der Waals surface area contributed by atoms with Crippen LogP contribution in [-0.4, -0.2) is 19.5 Å². The Morgan fingerprint density at radius 2 is 1.35 bits per heavy atom. The van der Waals surface area contributed by atoms with Gasteiger partial charge in [-0.1, -0.05) is 74.5 Å². The number of nitrogens with two attached hydrogens (primary N) is 1. The van der Waals surface area contributed by atoms with Crippen LogP contribution in [0.15, 0.2) is 60.7 Å². The second kappa shape index (κ2) is 10.0. The molecule has 26 heavy (non-hydrogen) atoms. The van der Waals surface area contributed by atoms with Gasteiger partial charge in [-0.15, -0.1) is 0 Å². The lowest BCUT2D eigenvalue weighted by Gasteiger charge is -2.24. The molecule has 0 bridgehead atoms.